The Labute approximate surface area is 105 Å². The highest BCUT2D eigenvalue weighted by molar-refractivity contribution is 6.33. The molecular weight excluding hydrogens is 268 g/mol. The van der Waals surface area contributed by atoms with Crippen molar-refractivity contribution in [3.63, 3.8) is 0 Å². The van der Waals surface area contributed by atoms with Gasteiger partial charge in [-0.05, 0) is 18.2 Å². The lowest BCUT2D eigenvalue weighted by Gasteiger charge is -2.07. The molecule has 1 aromatic heterocycles. The van der Waals surface area contributed by atoms with Crippen molar-refractivity contribution in [2.45, 2.75) is 0 Å². The summed E-state index contributed by atoms with van der Waals surface area (Å²) in [5, 5.41) is 8.54. The molecule has 0 spiro atoms. The maximum Gasteiger partial charge on any atom is 0.285 e. The van der Waals surface area contributed by atoms with Crippen molar-refractivity contribution in [2.75, 3.05) is 5.32 Å². The van der Waals surface area contributed by atoms with E-state index in [4.69, 9.17) is 23.2 Å². The second-order valence-corrected chi connectivity index (χ2v) is 3.97. The topological polar surface area (TPSA) is 57.8 Å². The van der Waals surface area contributed by atoms with Gasteiger partial charge in [0.25, 0.3) is 5.56 Å². The number of nitrogens with one attached hydrogen (secondary N) is 2. The highest BCUT2D eigenvalue weighted by Crippen LogP contribution is 2.24. The standard InChI is InChI=1S/C10H6Cl2FN3O/c11-6-3-5(1-2-7(6)13)15-8-4-14-16-10(17)9(8)12/h1-4H,(H2,15,16,17). The molecule has 1 heterocycles. The lowest BCUT2D eigenvalue weighted by Crippen LogP contribution is -2.10. The van der Waals surface area contributed by atoms with Crippen LogP contribution in [0.25, 0.3) is 0 Å². The molecule has 0 aliphatic heterocycles. The van der Waals surface area contributed by atoms with Crippen LogP contribution in [0.5, 0.6) is 0 Å². The van der Waals surface area contributed by atoms with Crippen molar-refractivity contribution in [1.82, 2.24) is 10.2 Å². The van der Waals surface area contributed by atoms with E-state index in [9.17, 15) is 9.18 Å². The molecule has 2 aromatic rings. The molecule has 0 unspecified atom stereocenters. The van der Waals surface area contributed by atoms with E-state index >= 15 is 0 Å². The second kappa shape index (κ2) is 4.73. The molecule has 0 fully saturated rings. The second-order valence-electron chi connectivity index (χ2n) is 3.18. The van der Waals surface area contributed by atoms with Gasteiger partial charge in [0, 0.05) is 5.69 Å². The number of benzene rings is 1. The largest absolute Gasteiger partial charge is 0.353 e. The number of aromatic amines is 1. The average molecular weight is 274 g/mol. The van der Waals surface area contributed by atoms with Crippen molar-refractivity contribution in [3.05, 3.63) is 50.6 Å². The minimum atomic E-state index is -0.521. The summed E-state index contributed by atoms with van der Waals surface area (Å²) in [5.41, 5.74) is 0.314. The Morgan fingerprint density at radius 3 is 2.82 bits per heavy atom. The van der Waals surface area contributed by atoms with E-state index in [0.29, 0.717) is 11.4 Å². The van der Waals surface area contributed by atoms with E-state index in [0.717, 1.165) is 0 Å². The maximum absolute atomic E-state index is 12.9. The summed E-state index contributed by atoms with van der Waals surface area (Å²) in [4.78, 5) is 11.2. The number of hydrogen-bond donors (Lipinski definition) is 2. The summed E-state index contributed by atoms with van der Waals surface area (Å²) in [6, 6.07) is 4.06. The molecule has 0 saturated carbocycles. The highest BCUT2D eigenvalue weighted by atomic mass is 35.5. The van der Waals surface area contributed by atoms with Crippen molar-refractivity contribution in [3.8, 4) is 0 Å². The van der Waals surface area contributed by atoms with Crippen LogP contribution in [0.3, 0.4) is 0 Å². The molecule has 0 aliphatic carbocycles. The van der Waals surface area contributed by atoms with E-state index in [1.165, 1.54) is 24.4 Å². The number of H-pyrrole nitrogens is 1. The molecule has 4 nitrogen and oxygen atoms in total. The van der Waals surface area contributed by atoms with Crippen LogP contribution in [-0.4, -0.2) is 10.2 Å². The van der Waals surface area contributed by atoms with E-state index < -0.39 is 11.4 Å². The van der Waals surface area contributed by atoms with Crippen LogP contribution in [0, 0.1) is 5.82 Å². The number of hydrogen-bond acceptors (Lipinski definition) is 3. The summed E-state index contributed by atoms with van der Waals surface area (Å²) >= 11 is 11.4. The summed E-state index contributed by atoms with van der Waals surface area (Å²) < 4.78 is 12.9. The number of halogens is 3. The van der Waals surface area contributed by atoms with E-state index in [1.54, 1.807) is 0 Å². The first kappa shape index (κ1) is 11.9. The number of rotatable bonds is 2. The van der Waals surface area contributed by atoms with Crippen LogP contribution in [0.1, 0.15) is 0 Å². The average Bonchev–Trinajstić information content (AvgIpc) is 2.30. The molecular formula is C10H6Cl2FN3O. The molecule has 2 N–H and O–H groups in total. The Balaban J connectivity index is 2.35. The third-order valence-electron chi connectivity index (χ3n) is 1.99. The van der Waals surface area contributed by atoms with Crippen molar-refractivity contribution < 1.29 is 4.39 Å². The van der Waals surface area contributed by atoms with Crippen molar-refractivity contribution in [2.24, 2.45) is 0 Å². The predicted octanol–water partition coefficient (Wildman–Crippen LogP) is 2.96. The molecule has 0 aliphatic rings. The van der Waals surface area contributed by atoms with Gasteiger partial charge in [-0.15, -0.1) is 0 Å². The predicted molar refractivity (Wildman–Crippen MR) is 64.6 cm³/mol. The van der Waals surface area contributed by atoms with Gasteiger partial charge in [-0.25, -0.2) is 9.49 Å². The van der Waals surface area contributed by atoms with Crippen molar-refractivity contribution >= 4 is 34.6 Å². The van der Waals surface area contributed by atoms with E-state index in [2.05, 4.69) is 15.5 Å². The molecule has 0 saturated heterocycles. The fourth-order valence-corrected chi connectivity index (χ4v) is 1.52. The van der Waals surface area contributed by atoms with Gasteiger partial charge in [0.15, 0.2) is 0 Å². The minimum Gasteiger partial charge on any atom is -0.353 e. The van der Waals surface area contributed by atoms with Crippen LogP contribution >= 0.6 is 23.2 Å². The lowest BCUT2D eigenvalue weighted by molar-refractivity contribution is 0.628. The Kier molecular flexibility index (Phi) is 3.31. The Morgan fingerprint density at radius 1 is 1.35 bits per heavy atom. The van der Waals surface area contributed by atoms with Gasteiger partial charge in [0.2, 0.25) is 0 Å². The zero-order valence-corrected chi connectivity index (χ0v) is 9.81. The number of anilines is 2. The molecule has 1 aromatic carbocycles. The first-order valence-corrected chi connectivity index (χ1v) is 5.29. The van der Waals surface area contributed by atoms with Crippen molar-refractivity contribution in [1.29, 1.82) is 0 Å². The smallest absolute Gasteiger partial charge is 0.285 e. The molecule has 0 radical (unpaired) electrons. The van der Waals surface area contributed by atoms with E-state index in [1.807, 2.05) is 0 Å². The molecule has 0 bridgehead atoms. The molecule has 0 amide bonds. The van der Waals surface area contributed by atoms with Gasteiger partial charge in [-0.1, -0.05) is 23.2 Å². The third kappa shape index (κ3) is 2.57. The molecule has 0 atom stereocenters. The van der Waals surface area contributed by atoms with Gasteiger partial charge in [0.1, 0.15) is 10.8 Å². The molecule has 88 valence electrons. The third-order valence-corrected chi connectivity index (χ3v) is 2.66. The van der Waals surface area contributed by atoms with Gasteiger partial charge in [0.05, 0.1) is 16.9 Å². The Morgan fingerprint density at radius 2 is 2.12 bits per heavy atom. The Bertz CT molecular complexity index is 615. The first-order valence-electron chi connectivity index (χ1n) is 4.53. The molecule has 17 heavy (non-hydrogen) atoms. The highest BCUT2D eigenvalue weighted by Gasteiger charge is 2.06. The van der Waals surface area contributed by atoms with Crippen LogP contribution in [0.4, 0.5) is 15.8 Å². The quantitative estimate of drug-likeness (QED) is 0.885. The molecule has 7 heteroatoms. The fourth-order valence-electron chi connectivity index (χ4n) is 1.20. The van der Waals surface area contributed by atoms with Gasteiger partial charge >= 0.3 is 0 Å². The van der Waals surface area contributed by atoms with E-state index in [-0.39, 0.29) is 10.0 Å². The van der Waals surface area contributed by atoms with Crippen LogP contribution in [-0.2, 0) is 0 Å². The number of nitrogens with zero attached hydrogens (tertiary/aromatic N) is 1. The lowest BCUT2D eigenvalue weighted by atomic mass is 10.3. The summed E-state index contributed by atoms with van der Waals surface area (Å²) in [5.74, 6) is -0.521. The maximum atomic E-state index is 12.9. The van der Waals surface area contributed by atoms with Crippen LogP contribution in [0.15, 0.2) is 29.2 Å². The van der Waals surface area contributed by atoms with Crippen LogP contribution < -0.4 is 10.9 Å². The zero-order chi connectivity index (χ0) is 12.4. The summed E-state index contributed by atoms with van der Waals surface area (Å²) in [6.45, 7) is 0. The number of aromatic nitrogens is 2. The van der Waals surface area contributed by atoms with Crippen LogP contribution in [0.2, 0.25) is 10.0 Å². The molecule has 2 rings (SSSR count). The summed E-state index contributed by atoms with van der Waals surface area (Å²) in [7, 11) is 0. The monoisotopic (exact) mass is 273 g/mol. The normalized spacial score (nSPS) is 10.3. The fraction of sp³-hybridized carbons (Fsp3) is 0. The first-order chi connectivity index (χ1) is 8.08. The minimum absolute atomic E-state index is 0.0241. The van der Waals surface area contributed by atoms with Gasteiger partial charge in [-0.2, -0.15) is 5.10 Å². The van der Waals surface area contributed by atoms with Gasteiger partial charge in [-0.3, -0.25) is 4.79 Å². The Hall–Kier alpha value is -1.59. The zero-order valence-electron chi connectivity index (χ0n) is 8.30. The van der Waals surface area contributed by atoms with Gasteiger partial charge < -0.3 is 5.32 Å². The summed E-state index contributed by atoms with van der Waals surface area (Å²) in [6.07, 6.45) is 1.35. The SMILES string of the molecule is O=c1[nH]ncc(Nc2ccc(F)c(Cl)c2)c1Cl.